The number of carbonyl (C=O) groups excluding carboxylic acids is 2. The Morgan fingerprint density at radius 1 is 0.963 bits per heavy atom. The highest BCUT2D eigenvalue weighted by Crippen LogP contribution is 2.28. The number of benzene rings is 2. The number of methoxy groups -OCH3 is 1. The molecule has 0 aliphatic rings. The lowest BCUT2D eigenvalue weighted by Crippen LogP contribution is -2.21. The van der Waals surface area contributed by atoms with Crippen LogP contribution in [0.4, 0.5) is 0 Å². The Hall–Kier alpha value is -2.88. The molecule has 2 aromatic rings. The van der Waals surface area contributed by atoms with E-state index in [1.165, 1.54) is 16.5 Å². The Kier molecular flexibility index (Phi) is 6.21. The maximum atomic E-state index is 12.5. The number of nitrogens with zero attached hydrogens (tertiary/aromatic N) is 1. The van der Waals surface area contributed by atoms with Gasteiger partial charge in [0.2, 0.25) is 0 Å². The van der Waals surface area contributed by atoms with Crippen molar-refractivity contribution in [1.82, 2.24) is 4.90 Å². The molecule has 0 heterocycles. The van der Waals surface area contributed by atoms with Gasteiger partial charge < -0.3 is 9.64 Å². The normalized spacial score (nSPS) is 11.5. The lowest BCUT2D eigenvalue weighted by Gasteiger charge is -2.20. The highest BCUT2D eigenvalue weighted by Gasteiger charge is 2.15. The summed E-state index contributed by atoms with van der Waals surface area (Å²) < 4.78 is 5.41. The Balaban J connectivity index is 2.25. The molecular formula is C23H27NO3. The second-order valence-corrected chi connectivity index (χ2v) is 7.68. The molecule has 4 nitrogen and oxygen atoms in total. The molecule has 142 valence electrons. The molecule has 0 atom stereocenters. The summed E-state index contributed by atoms with van der Waals surface area (Å²) in [6, 6.07) is 12.7. The van der Waals surface area contributed by atoms with Crippen molar-refractivity contribution in [2.24, 2.45) is 0 Å². The van der Waals surface area contributed by atoms with Crippen LogP contribution in [0.2, 0.25) is 0 Å². The van der Waals surface area contributed by atoms with Crippen molar-refractivity contribution in [3.05, 3.63) is 70.8 Å². The zero-order valence-electron chi connectivity index (χ0n) is 16.9. The van der Waals surface area contributed by atoms with E-state index in [4.69, 9.17) is 4.74 Å². The van der Waals surface area contributed by atoms with E-state index < -0.39 is 0 Å². The van der Waals surface area contributed by atoms with Crippen LogP contribution in [0.3, 0.4) is 0 Å². The lowest BCUT2D eigenvalue weighted by molar-refractivity contribution is 0.0827. The van der Waals surface area contributed by atoms with Crippen molar-refractivity contribution in [1.29, 1.82) is 0 Å². The van der Waals surface area contributed by atoms with Crippen LogP contribution in [0, 0.1) is 0 Å². The molecule has 1 amide bonds. The van der Waals surface area contributed by atoms with Gasteiger partial charge in [0, 0.05) is 30.8 Å². The molecule has 0 spiro atoms. The predicted octanol–water partition coefficient (Wildman–Crippen LogP) is 4.59. The van der Waals surface area contributed by atoms with Crippen LogP contribution in [0.5, 0.6) is 5.75 Å². The van der Waals surface area contributed by atoms with E-state index in [0.717, 1.165) is 11.3 Å². The minimum Gasteiger partial charge on any atom is -0.496 e. The fourth-order valence-corrected chi connectivity index (χ4v) is 2.63. The maximum Gasteiger partial charge on any atom is 0.253 e. The monoisotopic (exact) mass is 365 g/mol. The summed E-state index contributed by atoms with van der Waals surface area (Å²) in [7, 11) is 5.01. The summed E-state index contributed by atoms with van der Waals surface area (Å²) in [6.45, 7) is 6.43. The molecule has 2 aromatic carbocycles. The van der Waals surface area contributed by atoms with Gasteiger partial charge in [-0.2, -0.15) is 0 Å². The molecule has 0 radical (unpaired) electrons. The largest absolute Gasteiger partial charge is 0.496 e. The molecule has 0 saturated carbocycles. The smallest absolute Gasteiger partial charge is 0.253 e. The van der Waals surface area contributed by atoms with Gasteiger partial charge in [0.25, 0.3) is 5.91 Å². The second kappa shape index (κ2) is 8.21. The van der Waals surface area contributed by atoms with Gasteiger partial charge in [-0.25, -0.2) is 0 Å². The molecule has 27 heavy (non-hydrogen) atoms. The molecule has 0 unspecified atom stereocenters. The fourth-order valence-electron chi connectivity index (χ4n) is 2.63. The highest BCUT2D eigenvalue weighted by atomic mass is 16.5. The van der Waals surface area contributed by atoms with Crippen molar-refractivity contribution in [2.75, 3.05) is 21.2 Å². The van der Waals surface area contributed by atoms with Crippen molar-refractivity contribution < 1.29 is 14.3 Å². The van der Waals surface area contributed by atoms with Crippen molar-refractivity contribution in [3.63, 3.8) is 0 Å². The minimum absolute atomic E-state index is 0.00762. The van der Waals surface area contributed by atoms with Crippen molar-refractivity contribution in [3.8, 4) is 5.75 Å². The van der Waals surface area contributed by atoms with Gasteiger partial charge in [0.05, 0.1) is 7.11 Å². The SMILES string of the molecule is COc1ccc(C(C)(C)C)cc1C=CC(=O)c1ccc(C(=O)N(C)C)cc1. The molecule has 0 N–H and O–H groups in total. The predicted molar refractivity (Wildman–Crippen MR) is 110 cm³/mol. The Morgan fingerprint density at radius 3 is 2.07 bits per heavy atom. The summed E-state index contributed by atoms with van der Waals surface area (Å²) in [4.78, 5) is 25.9. The van der Waals surface area contributed by atoms with Gasteiger partial charge in [-0.1, -0.05) is 39.0 Å². The summed E-state index contributed by atoms with van der Waals surface area (Å²) in [6.07, 6.45) is 3.31. The Bertz CT molecular complexity index is 856. The van der Waals surface area contributed by atoms with Crippen LogP contribution in [0.25, 0.3) is 6.08 Å². The van der Waals surface area contributed by atoms with Crippen LogP contribution >= 0.6 is 0 Å². The zero-order valence-corrected chi connectivity index (χ0v) is 16.9. The molecule has 0 bridgehead atoms. The van der Waals surface area contributed by atoms with Gasteiger partial charge in [-0.05, 0) is 47.4 Å². The zero-order chi connectivity index (χ0) is 20.2. The Morgan fingerprint density at radius 2 is 1.56 bits per heavy atom. The highest BCUT2D eigenvalue weighted by molar-refractivity contribution is 6.07. The fraction of sp³-hybridized carbons (Fsp3) is 0.304. The van der Waals surface area contributed by atoms with Gasteiger partial charge in [-0.15, -0.1) is 0 Å². The average Bonchev–Trinajstić information content (AvgIpc) is 2.64. The van der Waals surface area contributed by atoms with E-state index in [9.17, 15) is 9.59 Å². The third-order valence-corrected chi connectivity index (χ3v) is 4.33. The van der Waals surface area contributed by atoms with E-state index >= 15 is 0 Å². The number of ether oxygens (including phenoxy) is 1. The van der Waals surface area contributed by atoms with E-state index in [0.29, 0.717) is 11.1 Å². The second-order valence-electron chi connectivity index (χ2n) is 7.68. The van der Waals surface area contributed by atoms with E-state index in [-0.39, 0.29) is 17.1 Å². The van der Waals surface area contributed by atoms with Gasteiger partial charge in [-0.3, -0.25) is 9.59 Å². The summed E-state index contributed by atoms with van der Waals surface area (Å²) in [5.74, 6) is 0.509. The number of amides is 1. The summed E-state index contributed by atoms with van der Waals surface area (Å²) in [5, 5.41) is 0. The molecule has 2 rings (SSSR count). The number of rotatable bonds is 5. The van der Waals surface area contributed by atoms with E-state index in [1.54, 1.807) is 51.5 Å². The number of ketones is 1. The average molecular weight is 365 g/mol. The lowest BCUT2D eigenvalue weighted by atomic mass is 9.86. The first kappa shape index (κ1) is 20.4. The number of hydrogen-bond acceptors (Lipinski definition) is 3. The quantitative estimate of drug-likeness (QED) is 0.575. The third-order valence-electron chi connectivity index (χ3n) is 4.33. The number of hydrogen-bond donors (Lipinski definition) is 0. The molecule has 0 saturated heterocycles. The summed E-state index contributed by atoms with van der Waals surface area (Å²) >= 11 is 0. The molecule has 0 aliphatic heterocycles. The first-order valence-electron chi connectivity index (χ1n) is 8.86. The van der Waals surface area contributed by atoms with E-state index in [1.807, 2.05) is 18.2 Å². The maximum absolute atomic E-state index is 12.5. The first-order valence-corrected chi connectivity index (χ1v) is 8.86. The topological polar surface area (TPSA) is 46.6 Å². The van der Waals surface area contributed by atoms with Crippen molar-refractivity contribution in [2.45, 2.75) is 26.2 Å². The summed E-state index contributed by atoms with van der Waals surface area (Å²) in [5.41, 5.74) is 3.13. The molecule has 0 fully saturated rings. The standard InChI is InChI=1S/C23H27NO3/c1-23(2,3)19-12-14-21(27-6)18(15-19)11-13-20(25)16-7-9-17(10-8-16)22(26)24(4)5/h7-15H,1-6H3. The van der Waals surface area contributed by atoms with Crippen molar-refractivity contribution >= 4 is 17.8 Å². The molecule has 0 aliphatic carbocycles. The number of carbonyl (C=O) groups is 2. The molecular weight excluding hydrogens is 338 g/mol. The van der Waals surface area contributed by atoms with E-state index in [2.05, 4.69) is 20.8 Å². The van der Waals surface area contributed by atoms with Crippen LogP contribution in [-0.2, 0) is 5.41 Å². The first-order chi connectivity index (χ1) is 12.6. The van der Waals surface area contributed by atoms with Crippen LogP contribution < -0.4 is 4.74 Å². The van der Waals surface area contributed by atoms with Gasteiger partial charge in [0.15, 0.2) is 5.78 Å². The molecule has 4 heteroatoms. The minimum atomic E-state index is -0.123. The number of allylic oxidation sites excluding steroid dienone is 1. The Labute approximate surface area is 161 Å². The van der Waals surface area contributed by atoms with Crippen LogP contribution in [0.1, 0.15) is 52.6 Å². The van der Waals surface area contributed by atoms with Gasteiger partial charge in [0.1, 0.15) is 5.75 Å². The van der Waals surface area contributed by atoms with Crippen LogP contribution in [-0.4, -0.2) is 37.8 Å². The van der Waals surface area contributed by atoms with Crippen LogP contribution in [0.15, 0.2) is 48.5 Å². The van der Waals surface area contributed by atoms with Gasteiger partial charge >= 0.3 is 0 Å². The third kappa shape index (κ3) is 5.07. The molecule has 0 aromatic heterocycles.